The Morgan fingerprint density at radius 2 is 1.36 bits per heavy atom. The van der Waals surface area contributed by atoms with Gasteiger partial charge in [-0.15, -0.1) is 23.2 Å². The molecule has 15 nitrogen and oxygen atoms in total. The van der Waals surface area contributed by atoms with E-state index in [9.17, 15) is 14.6 Å². The van der Waals surface area contributed by atoms with E-state index in [4.69, 9.17) is 76.3 Å². The first-order valence-electron chi connectivity index (χ1n) is 18.6. The van der Waals surface area contributed by atoms with E-state index < -0.39 is 19.1 Å². The van der Waals surface area contributed by atoms with Crippen molar-refractivity contribution >= 4 is 47.7 Å². The predicted molar refractivity (Wildman–Crippen MR) is 213 cm³/mol. The number of carbonyl (C=O) groups is 2. The summed E-state index contributed by atoms with van der Waals surface area (Å²) < 4.78 is 41.9. The summed E-state index contributed by atoms with van der Waals surface area (Å²) in [5.74, 6) is 0.0862. The molecular weight excluding hydrogens is 776 g/mol. The number of hydrogen-bond donors (Lipinski definition) is 5. The molecule has 0 saturated carbocycles. The third kappa shape index (κ3) is 21.6. The summed E-state index contributed by atoms with van der Waals surface area (Å²) in [6, 6.07) is 2.67. The Balaban J connectivity index is 0.000000466. The number of allylic oxidation sites excluding steroid dienone is 1. The molecular formula is C38H62BCl2NO14. The minimum atomic E-state index is -1.03. The third-order valence-electron chi connectivity index (χ3n) is 8.04. The maximum Gasteiger partial charge on any atom is 0.492 e. The van der Waals surface area contributed by atoms with Crippen molar-refractivity contribution in [3.8, 4) is 0 Å². The van der Waals surface area contributed by atoms with Gasteiger partial charge in [0.2, 0.25) is 0 Å². The van der Waals surface area contributed by atoms with Gasteiger partial charge in [0.15, 0.2) is 0 Å². The molecule has 4 heterocycles. The molecule has 0 bridgehead atoms. The quantitative estimate of drug-likeness (QED) is 0.0981. The molecule has 56 heavy (non-hydrogen) atoms. The predicted octanol–water partition coefficient (Wildman–Crippen LogP) is 1.40. The van der Waals surface area contributed by atoms with Crippen molar-refractivity contribution in [1.29, 1.82) is 0 Å². The zero-order chi connectivity index (χ0) is 41.7. The van der Waals surface area contributed by atoms with Gasteiger partial charge in [0.05, 0.1) is 112 Å². The maximum atomic E-state index is 12.9. The minimum Gasteiger partial charge on any atom is -0.464 e. The second-order valence-electron chi connectivity index (χ2n) is 13.3. The Morgan fingerprint density at radius 1 is 0.857 bits per heavy atom. The van der Waals surface area contributed by atoms with Crippen molar-refractivity contribution in [3.05, 3.63) is 53.1 Å². The molecule has 1 aromatic carbocycles. The smallest absolute Gasteiger partial charge is 0.464 e. The van der Waals surface area contributed by atoms with E-state index in [0.29, 0.717) is 114 Å². The van der Waals surface area contributed by atoms with Gasteiger partial charge in [-0.05, 0) is 46.6 Å². The Hall–Kier alpha value is -2.16. The van der Waals surface area contributed by atoms with Crippen LogP contribution in [-0.2, 0) is 49.2 Å². The summed E-state index contributed by atoms with van der Waals surface area (Å²) >= 11 is 10.5. The van der Waals surface area contributed by atoms with Crippen LogP contribution in [0.1, 0.15) is 35.3 Å². The van der Waals surface area contributed by atoms with Crippen molar-refractivity contribution in [1.82, 2.24) is 5.32 Å². The highest BCUT2D eigenvalue weighted by Gasteiger charge is 2.33. The highest BCUT2D eigenvalue weighted by atomic mass is 35.5. The first kappa shape index (κ1) is 51.9. The molecule has 5 rings (SSSR count). The number of esters is 1. The van der Waals surface area contributed by atoms with Gasteiger partial charge in [-0.3, -0.25) is 4.79 Å². The molecule has 4 aliphatic heterocycles. The van der Waals surface area contributed by atoms with Gasteiger partial charge >= 0.3 is 13.1 Å². The molecule has 320 valence electrons. The monoisotopic (exact) mass is 837 g/mol. The number of aliphatic hydroxyl groups is 3. The molecule has 0 spiro atoms. The summed E-state index contributed by atoms with van der Waals surface area (Å²) in [6.45, 7) is 20.5. The molecule has 0 aromatic heterocycles. The van der Waals surface area contributed by atoms with E-state index in [1.165, 1.54) is 0 Å². The minimum absolute atomic E-state index is 0.0228. The molecule has 1 aromatic rings. The van der Waals surface area contributed by atoms with E-state index in [1.54, 1.807) is 19.1 Å². The fourth-order valence-electron chi connectivity index (χ4n) is 4.92. The van der Waals surface area contributed by atoms with Crippen molar-refractivity contribution in [3.63, 3.8) is 0 Å². The Kier molecular flexibility index (Phi) is 29.4. The Bertz CT molecular complexity index is 1240. The van der Waals surface area contributed by atoms with E-state index >= 15 is 0 Å². The van der Waals surface area contributed by atoms with Crippen molar-refractivity contribution in [2.75, 3.05) is 117 Å². The standard InChI is InChI=1S/C20H28BNO7.C6H12O3.C6H10O2.C4H6Cl2.C2H6O2/c1-12(2)18(20(24)28-10-14-8-26-6-7-27-9-14)22-19(23)16-5-4-15-11-29-21(25)17(15)13(16)3;7-3-6-4-8-1-2-9-5-6;1-6-4-7-2-3-8-5-6;1-4(2-5)3-6;3-1-2-4/h4-5,12,14,18,25H,6-11H2,1-3H3,(H,22,23);6-7H,1-5H2;1-5H2;1-3H2;3-4H,1-2H2/t18-;;;;/m0..../s1. The normalized spacial score (nSPS) is 18.0. The number of ether oxygens (including phenoxy) is 7. The first-order chi connectivity index (χ1) is 26.9. The van der Waals surface area contributed by atoms with Gasteiger partial charge in [0.25, 0.3) is 5.91 Å². The third-order valence-corrected chi connectivity index (χ3v) is 8.80. The second-order valence-corrected chi connectivity index (χ2v) is 13.9. The van der Waals surface area contributed by atoms with E-state index in [-0.39, 0.29) is 50.1 Å². The van der Waals surface area contributed by atoms with Crippen LogP contribution in [0.5, 0.6) is 0 Å². The highest BCUT2D eigenvalue weighted by Crippen LogP contribution is 2.17. The lowest BCUT2D eigenvalue weighted by Gasteiger charge is -2.23. The van der Waals surface area contributed by atoms with E-state index in [0.717, 1.165) is 16.7 Å². The molecule has 0 radical (unpaired) electrons. The van der Waals surface area contributed by atoms with Crippen LogP contribution < -0.4 is 10.8 Å². The summed E-state index contributed by atoms with van der Waals surface area (Å²) in [4.78, 5) is 25.5. The SMILES string of the molecule is C=C(CCl)CCl.C=C1COCCOC1.Cc1c(C(=O)N[C@H](C(=O)OCC2COCCOC2)C(C)C)ccc2c1B(O)OC2.OCC1COCCOC1.OCCO. The van der Waals surface area contributed by atoms with Crippen LogP contribution in [0.3, 0.4) is 0 Å². The summed E-state index contributed by atoms with van der Waals surface area (Å²) in [5.41, 5.74) is 4.43. The number of nitrogens with one attached hydrogen (secondary N) is 1. The lowest BCUT2D eigenvalue weighted by atomic mass is 9.75. The topological polar surface area (TPSA) is 201 Å². The second kappa shape index (κ2) is 31.8. The van der Waals surface area contributed by atoms with Crippen LogP contribution in [0.25, 0.3) is 0 Å². The summed E-state index contributed by atoms with van der Waals surface area (Å²) in [7, 11) is -1.03. The van der Waals surface area contributed by atoms with Crippen molar-refractivity contribution < 1.29 is 67.7 Å². The van der Waals surface area contributed by atoms with Gasteiger partial charge in [-0.25, -0.2) is 4.79 Å². The van der Waals surface area contributed by atoms with Gasteiger partial charge in [-0.2, -0.15) is 0 Å². The maximum absolute atomic E-state index is 12.9. The fourth-order valence-corrected chi connectivity index (χ4v) is 5.21. The first-order valence-corrected chi connectivity index (χ1v) is 19.6. The number of fused-ring (bicyclic) bond motifs is 1. The van der Waals surface area contributed by atoms with Gasteiger partial charge in [0.1, 0.15) is 6.04 Å². The Labute approximate surface area is 341 Å². The number of benzene rings is 1. The highest BCUT2D eigenvalue weighted by molar-refractivity contribution is 6.62. The average molecular weight is 839 g/mol. The molecule has 0 aliphatic carbocycles. The number of carbonyl (C=O) groups excluding carboxylic acids is 2. The number of amides is 1. The van der Waals surface area contributed by atoms with Crippen molar-refractivity contribution in [2.24, 2.45) is 17.8 Å². The van der Waals surface area contributed by atoms with Crippen molar-refractivity contribution in [2.45, 2.75) is 33.4 Å². The van der Waals surface area contributed by atoms with Crippen LogP contribution in [0.15, 0.2) is 36.4 Å². The molecule has 1 atom stereocenters. The van der Waals surface area contributed by atoms with E-state index in [2.05, 4.69) is 18.5 Å². The fraction of sp³-hybridized carbons (Fsp3) is 0.684. The summed E-state index contributed by atoms with van der Waals surface area (Å²) in [5, 5.41) is 36.7. The molecule has 3 saturated heterocycles. The molecule has 5 N–H and O–H groups in total. The number of rotatable bonds is 10. The number of alkyl halides is 2. The van der Waals surface area contributed by atoms with Gasteiger partial charge < -0.3 is 63.5 Å². The lowest BCUT2D eigenvalue weighted by molar-refractivity contribution is -0.149. The molecule has 1 amide bonds. The molecule has 0 unspecified atom stereocenters. The van der Waals surface area contributed by atoms with Crippen LogP contribution in [0.4, 0.5) is 0 Å². The lowest BCUT2D eigenvalue weighted by Crippen LogP contribution is -2.46. The van der Waals surface area contributed by atoms with Gasteiger partial charge in [0, 0.05) is 29.2 Å². The molecule has 18 heteroatoms. The average Bonchev–Trinajstić information content (AvgIpc) is 3.53. The number of aliphatic hydroxyl groups excluding tert-OH is 3. The molecule has 4 aliphatic rings. The summed E-state index contributed by atoms with van der Waals surface area (Å²) in [6.07, 6.45) is 0. The molecule has 3 fully saturated rings. The van der Waals surface area contributed by atoms with Crippen LogP contribution >= 0.6 is 23.2 Å². The zero-order valence-corrected chi connectivity index (χ0v) is 34.5. The number of hydrogen-bond acceptors (Lipinski definition) is 14. The number of halogens is 2. The van der Waals surface area contributed by atoms with E-state index in [1.807, 2.05) is 13.8 Å². The largest absolute Gasteiger partial charge is 0.492 e. The zero-order valence-electron chi connectivity index (χ0n) is 33.0. The van der Waals surface area contributed by atoms with Crippen LogP contribution in [0, 0.1) is 24.7 Å². The van der Waals surface area contributed by atoms with Gasteiger partial charge in [-0.1, -0.05) is 33.1 Å². The Morgan fingerprint density at radius 3 is 1.80 bits per heavy atom. The van der Waals surface area contributed by atoms with Crippen LogP contribution in [-0.4, -0.2) is 163 Å². The van der Waals surface area contributed by atoms with Crippen LogP contribution in [0.2, 0.25) is 0 Å².